The Morgan fingerprint density at radius 1 is 0.880 bits per heavy atom. The maximum atomic E-state index is 12.2. The van der Waals surface area contributed by atoms with Gasteiger partial charge in [0.25, 0.3) is 0 Å². The maximum Gasteiger partial charge on any atom is 0.326 e. The van der Waals surface area contributed by atoms with E-state index in [4.69, 9.17) is 22.3 Å². The van der Waals surface area contributed by atoms with Crippen LogP contribution in [-0.2, 0) is 24.0 Å². The zero-order chi connectivity index (χ0) is 19.6. The van der Waals surface area contributed by atoms with Crippen LogP contribution in [0.15, 0.2) is 0 Å². The number of primary amides is 2. The molecule has 12 heteroatoms. The van der Waals surface area contributed by atoms with Crippen molar-refractivity contribution >= 4 is 42.2 Å². The fraction of sp³-hybridized carbons (Fsp3) is 0.615. The standard InChI is InChI=1S/C13H23N5O6S/c14-6(5-25)11(21)17-7(1-3-9(15)19)12(22)18-8(13(23)24)2-4-10(16)20/h6-8,25H,1-5,14H2,(H2,15,19)(H2,16,20)(H,17,21)(H,18,22)(H,23,24)/t6-,7-,8-/m0/s1. The number of carboxylic acids is 1. The fourth-order valence-electron chi connectivity index (χ4n) is 1.73. The van der Waals surface area contributed by atoms with Crippen LogP contribution in [0.2, 0.25) is 0 Å². The van der Waals surface area contributed by atoms with Gasteiger partial charge >= 0.3 is 5.97 Å². The smallest absolute Gasteiger partial charge is 0.326 e. The van der Waals surface area contributed by atoms with Gasteiger partial charge in [0.1, 0.15) is 12.1 Å². The predicted octanol–water partition coefficient (Wildman–Crippen LogP) is -3.17. The zero-order valence-corrected chi connectivity index (χ0v) is 14.3. The molecule has 0 fully saturated rings. The molecule has 0 aromatic heterocycles. The van der Waals surface area contributed by atoms with Crippen molar-refractivity contribution in [3.05, 3.63) is 0 Å². The van der Waals surface area contributed by atoms with Gasteiger partial charge in [0.15, 0.2) is 0 Å². The van der Waals surface area contributed by atoms with Gasteiger partial charge in [-0.25, -0.2) is 4.79 Å². The normalized spacial score (nSPS) is 14.0. The third-order valence-corrected chi connectivity index (χ3v) is 3.53. The Labute approximate surface area is 149 Å². The van der Waals surface area contributed by atoms with Gasteiger partial charge in [-0.1, -0.05) is 0 Å². The molecule has 9 N–H and O–H groups in total. The Balaban J connectivity index is 5.02. The number of hydrogen-bond acceptors (Lipinski definition) is 7. The average molecular weight is 377 g/mol. The Hall–Kier alpha value is -2.34. The van der Waals surface area contributed by atoms with E-state index >= 15 is 0 Å². The number of nitrogens with two attached hydrogens (primary N) is 3. The molecule has 0 aromatic rings. The van der Waals surface area contributed by atoms with Crippen molar-refractivity contribution in [2.45, 2.75) is 43.8 Å². The van der Waals surface area contributed by atoms with Crippen LogP contribution in [0.4, 0.5) is 0 Å². The SMILES string of the molecule is NC(=O)CC[C@H](NC(=O)[C@H](CCC(N)=O)NC(=O)[C@@H](N)CS)C(=O)O. The second-order valence-electron chi connectivity index (χ2n) is 5.26. The molecule has 0 heterocycles. The van der Waals surface area contributed by atoms with Crippen LogP contribution in [0.1, 0.15) is 25.7 Å². The molecule has 4 amide bonds. The van der Waals surface area contributed by atoms with E-state index in [1.54, 1.807) is 0 Å². The highest BCUT2D eigenvalue weighted by Gasteiger charge is 2.28. The van der Waals surface area contributed by atoms with E-state index in [1.165, 1.54) is 0 Å². The van der Waals surface area contributed by atoms with Crippen LogP contribution in [0.5, 0.6) is 0 Å². The third-order valence-electron chi connectivity index (χ3n) is 3.14. The van der Waals surface area contributed by atoms with Crippen molar-refractivity contribution in [3.8, 4) is 0 Å². The molecule has 0 aliphatic heterocycles. The summed E-state index contributed by atoms with van der Waals surface area (Å²) in [6.45, 7) is 0. The number of amides is 4. The van der Waals surface area contributed by atoms with E-state index in [9.17, 15) is 24.0 Å². The topological polar surface area (TPSA) is 208 Å². The van der Waals surface area contributed by atoms with Crippen molar-refractivity contribution in [1.29, 1.82) is 0 Å². The molecule has 3 atom stereocenters. The monoisotopic (exact) mass is 377 g/mol. The van der Waals surface area contributed by atoms with Crippen molar-refractivity contribution < 1.29 is 29.1 Å². The zero-order valence-electron chi connectivity index (χ0n) is 13.4. The Bertz CT molecular complexity index is 529. The van der Waals surface area contributed by atoms with Gasteiger partial charge in [-0.3, -0.25) is 19.2 Å². The lowest BCUT2D eigenvalue weighted by atomic mass is 10.1. The molecule has 0 radical (unpaired) electrons. The molecular weight excluding hydrogens is 354 g/mol. The van der Waals surface area contributed by atoms with Gasteiger partial charge in [0.2, 0.25) is 23.6 Å². The van der Waals surface area contributed by atoms with Gasteiger partial charge in [-0.15, -0.1) is 0 Å². The molecule has 0 unspecified atom stereocenters. The number of carbonyl (C=O) groups excluding carboxylic acids is 4. The van der Waals surface area contributed by atoms with E-state index in [0.29, 0.717) is 0 Å². The molecule has 11 nitrogen and oxygen atoms in total. The van der Waals surface area contributed by atoms with E-state index in [1.807, 2.05) is 0 Å². The second-order valence-corrected chi connectivity index (χ2v) is 5.62. The van der Waals surface area contributed by atoms with E-state index < -0.39 is 47.7 Å². The Morgan fingerprint density at radius 2 is 1.32 bits per heavy atom. The summed E-state index contributed by atoms with van der Waals surface area (Å²) in [5.41, 5.74) is 15.5. The first kappa shape index (κ1) is 22.7. The van der Waals surface area contributed by atoms with E-state index in [0.717, 1.165) is 0 Å². The second kappa shape index (κ2) is 11.3. The van der Waals surface area contributed by atoms with E-state index in [-0.39, 0.29) is 31.4 Å². The lowest BCUT2D eigenvalue weighted by molar-refractivity contribution is -0.142. The summed E-state index contributed by atoms with van der Waals surface area (Å²) in [5.74, 6) is -4.32. The minimum Gasteiger partial charge on any atom is -0.480 e. The average Bonchev–Trinajstić information content (AvgIpc) is 2.53. The lowest BCUT2D eigenvalue weighted by Gasteiger charge is -2.22. The first-order valence-electron chi connectivity index (χ1n) is 7.35. The molecule has 0 aromatic carbocycles. The highest BCUT2D eigenvalue weighted by Crippen LogP contribution is 2.03. The number of rotatable bonds is 12. The minimum atomic E-state index is -1.38. The van der Waals surface area contributed by atoms with Crippen molar-refractivity contribution in [3.63, 3.8) is 0 Å². The van der Waals surface area contributed by atoms with Crippen molar-refractivity contribution in [1.82, 2.24) is 10.6 Å². The van der Waals surface area contributed by atoms with Crippen LogP contribution in [0.25, 0.3) is 0 Å². The largest absolute Gasteiger partial charge is 0.480 e. The molecule has 0 aliphatic rings. The van der Waals surface area contributed by atoms with Gasteiger partial charge in [-0.2, -0.15) is 12.6 Å². The van der Waals surface area contributed by atoms with Crippen LogP contribution < -0.4 is 27.8 Å². The van der Waals surface area contributed by atoms with Crippen molar-refractivity contribution in [2.24, 2.45) is 17.2 Å². The molecule has 0 bridgehead atoms. The molecule has 0 rings (SSSR count). The summed E-state index contributed by atoms with van der Waals surface area (Å²) >= 11 is 3.86. The van der Waals surface area contributed by atoms with Crippen molar-refractivity contribution in [2.75, 3.05) is 5.75 Å². The van der Waals surface area contributed by atoms with Crippen LogP contribution >= 0.6 is 12.6 Å². The third kappa shape index (κ3) is 9.52. The summed E-state index contributed by atoms with van der Waals surface area (Å²) in [5, 5.41) is 13.6. The van der Waals surface area contributed by atoms with Crippen LogP contribution in [-0.4, -0.2) is 58.6 Å². The van der Waals surface area contributed by atoms with Gasteiger partial charge < -0.3 is 32.9 Å². The number of nitrogens with one attached hydrogen (secondary N) is 2. The quantitative estimate of drug-likeness (QED) is 0.173. The summed E-state index contributed by atoms with van der Waals surface area (Å²) in [7, 11) is 0. The number of carboxylic acid groups (broad SMARTS) is 1. The first-order valence-corrected chi connectivity index (χ1v) is 7.98. The fourth-order valence-corrected chi connectivity index (χ4v) is 1.90. The highest BCUT2D eigenvalue weighted by atomic mass is 32.1. The minimum absolute atomic E-state index is 0.0202. The molecule has 0 saturated carbocycles. The molecule has 0 saturated heterocycles. The summed E-state index contributed by atoms with van der Waals surface area (Å²) in [4.78, 5) is 56.9. The number of thiol groups is 1. The first-order chi connectivity index (χ1) is 11.6. The van der Waals surface area contributed by atoms with Gasteiger partial charge in [-0.05, 0) is 12.8 Å². The summed E-state index contributed by atoms with van der Waals surface area (Å²) in [6.07, 6.45) is -0.828. The number of aliphatic carboxylic acids is 1. The number of hydrogen-bond donors (Lipinski definition) is 7. The number of carbonyl (C=O) groups is 5. The Kier molecular flexibility index (Phi) is 10.2. The van der Waals surface area contributed by atoms with Crippen LogP contribution in [0.3, 0.4) is 0 Å². The van der Waals surface area contributed by atoms with Gasteiger partial charge in [0.05, 0.1) is 6.04 Å². The van der Waals surface area contributed by atoms with E-state index in [2.05, 4.69) is 23.3 Å². The van der Waals surface area contributed by atoms with Gasteiger partial charge in [0, 0.05) is 18.6 Å². The lowest BCUT2D eigenvalue weighted by Crippen LogP contribution is -2.55. The molecule has 25 heavy (non-hydrogen) atoms. The summed E-state index contributed by atoms with van der Waals surface area (Å²) in [6, 6.07) is -3.59. The Morgan fingerprint density at radius 3 is 1.72 bits per heavy atom. The highest BCUT2D eigenvalue weighted by molar-refractivity contribution is 7.80. The summed E-state index contributed by atoms with van der Waals surface area (Å²) < 4.78 is 0. The molecule has 0 aliphatic carbocycles. The molecular formula is C13H23N5O6S. The molecule has 0 spiro atoms. The maximum absolute atomic E-state index is 12.2. The molecule has 142 valence electrons. The predicted molar refractivity (Wildman–Crippen MR) is 90.2 cm³/mol. The van der Waals surface area contributed by atoms with Crippen LogP contribution in [0, 0.1) is 0 Å².